The summed E-state index contributed by atoms with van der Waals surface area (Å²) < 4.78 is 23.8. The number of rotatable bonds is 2. The molecule has 2 rings (SSSR count). The molecule has 1 spiro atoms. The molecule has 0 aliphatic heterocycles. The lowest BCUT2D eigenvalue weighted by molar-refractivity contribution is -0.127. The number of amidine groups is 2. The van der Waals surface area contributed by atoms with E-state index in [0.29, 0.717) is 5.84 Å². The van der Waals surface area contributed by atoms with E-state index in [1.165, 1.54) is 6.92 Å². The van der Waals surface area contributed by atoms with Gasteiger partial charge in [-0.15, -0.1) is 0 Å². The first-order valence-corrected chi connectivity index (χ1v) is 10.1. The maximum absolute atomic E-state index is 12.2. The zero-order valence-corrected chi connectivity index (χ0v) is 15.5. The molecule has 0 N–H and O–H groups in total. The highest BCUT2D eigenvalue weighted by atomic mass is 32.2. The van der Waals surface area contributed by atoms with Crippen molar-refractivity contribution in [2.75, 3.05) is 6.26 Å². The van der Waals surface area contributed by atoms with E-state index in [2.05, 4.69) is 9.98 Å². The maximum atomic E-state index is 12.2. The van der Waals surface area contributed by atoms with Gasteiger partial charge in [0, 0.05) is 25.3 Å². The standard InChI is InChI=1S/C16H27N3O3S/c1-11(2)17-15(23(5,21)22)18-12(3)19(13(4)20)14-7-6-8-16(14)9-10-16/h11,14H,6-10H2,1-5H3. The van der Waals surface area contributed by atoms with Crippen molar-refractivity contribution >= 4 is 26.7 Å². The zero-order valence-electron chi connectivity index (χ0n) is 14.7. The van der Waals surface area contributed by atoms with Gasteiger partial charge in [-0.25, -0.2) is 13.4 Å². The quantitative estimate of drug-likeness (QED) is 0.571. The molecule has 130 valence electrons. The second kappa shape index (κ2) is 6.34. The van der Waals surface area contributed by atoms with Crippen molar-refractivity contribution < 1.29 is 13.2 Å². The first-order valence-electron chi connectivity index (χ1n) is 8.20. The van der Waals surface area contributed by atoms with Crippen LogP contribution < -0.4 is 0 Å². The normalized spacial score (nSPS) is 24.3. The number of carbonyl (C=O) groups excluding carboxylic acids is 1. The Morgan fingerprint density at radius 3 is 2.26 bits per heavy atom. The Balaban J connectivity index is 2.37. The molecule has 0 aromatic rings. The first kappa shape index (κ1) is 18.1. The van der Waals surface area contributed by atoms with Gasteiger partial charge in [0.1, 0.15) is 5.84 Å². The van der Waals surface area contributed by atoms with Crippen LogP contribution in [0.3, 0.4) is 0 Å². The molecule has 7 heteroatoms. The van der Waals surface area contributed by atoms with Crippen LogP contribution in [0.2, 0.25) is 0 Å². The van der Waals surface area contributed by atoms with E-state index in [-0.39, 0.29) is 28.6 Å². The lowest BCUT2D eigenvalue weighted by Crippen LogP contribution is -2.45. The average Bonchev–Trinajstić information content (AvgIpc) is 3.04. The largest absolute Gasteiger partial charge is 0.297 e. The third-order valence-corrected chi connectivity index (χ3v) is 5.57. The van der Waals surface area contributed by atoms with Crippen LogP contribution >= 0.6 is 0 Å². The molecule has 1 unspecified atom stereocenters. The van der Waals surface area contributed by atoms with Gasteiger partial charge in [-0.3, -0.25) is 14.7 Å². The maximum Gasteiger partial charge on any atom is 0.244 e. The van der Waals surface area contributed by atoms with Gasteiger partial charge in [0.25, 0.3) is 0 Å². The summed E-state index contributed by atoms with van der Waals surface area (Å²) in [4.78, 5) is 22.2. The van der Waals surface area contributed by atoms with Crippen molar-refractivity contribution in [1.82, 2.24) is 4.90 Å². The van der Waals surface area contributed by atoms with Crippen molar-refractivity contribution in [3.8, 4) is 0 Å². The number of carbonyl (C=O) groups is 1. The van der Waals surface area contributed by atoms with Gasteiger partial charge in [-0.1, -0.05) is 6.42 Å². The second-order valence-electron chi connectivity index (χ2n) is 7.10. The molecule has 1 amide bonds. The molecule has 0 aromatic carbocycles. The van der Waals surface area contributed by atoms with Gasteiger partial charge in [0.2, 0.25) is 20.9 Å². The van der Waals surface area contributed by atoms with Gasteiger partial charge in [0.05, 0.1) is 0 Å². The molecule has 0 bridgehead atoms. The fourth-order valence-electron chi connectivity index (χ4n) is 3.56. The highest BCUT2D eigenvalue weighted by molar-refractivity contribution is 8.05. The Bertz CT molecular complexity index is 645. The molecule has 2 aliphatic carbocycles. The second-order valence-corrected chi connectivity index (χ2v) is 9.01. The summed E-state index contributed by atoms with van der Waals surface area (Å²) in [7, 11) is -3.53. The summed E-state index contributed by atoms with van der Waals surface area (Å²) in [5, 5.41) is -0.195. The minimum Gasteiger partial charge on any atom is -0.297 e. The number of hydrogen-bond donors (Lipinski definition) is 0. The lowest BCUT2D eigenvalue weighted by atomic mass is 9.98. The Morgan fingerprint density at radius 2 is 1.83 bits per heavy atom. The Labute approximate surface area is 139 Å². The monoisotopic (exact) mass is 341 g/mol. The van der Waals surface area contributed by atoms with E-state index < -0.39 is 9.84 Å². The Kier molecular flexibility index (Phi) is 4.99. The Morgan fingerprint density at radius 1 is 1.22 bits per heavy atom. The Hall–Kier alpha value is -1.24. The molecule has 2 fully saturated rings. The van der Waals surface area contributed by atoms with Crippen LogP contribution in [0.1, 0.15) is 59.8 Å². The predicted octanol–water partition coefficient (Wildman–Crippen LogP) is 2.40. The van der Waals surface area contributed by atoms with Crippen LogP contribution in [0.15, 0.2) is 9.98 Å². The van der Waals surface area contributed by atoms with Crippen LogP contribution in [0.4, 0.5) is 0 Å². The first-order chi connectivity index (χ1) is 10.6. The summed E-state index contributed by atoms with van der Waals surface area (Å²) in [5.41, 5.74) is 0.239. The molecule has 23 heavy (non-hydrogen) atoms. The summed E-state index contributed by atoms with van der Waals surface area (Å²) in [6.45, 7) is 6.83. The SMILES string of the molecule is CC(=O)N(C(C)=NC(=NC(C)C)S(C)(=O)=O)C1CCCC12CC2. The molecule has 6 nitrogen and oxygen atoms in total. The van der Waals surface area contributed by atoms with Gasteiger partial charge < -0.3 is 0 Å². The third-order valence-electron chi connectivity index (χ3n) is 4.71. The minimum absolute atomic E-state index is 0.0816. The van der Waals surface area contributed by atoms with E-state index in [9.17, 15) is 13.2 Å². The van der Waals surface area contributed by atoms with Crippen LogP contribution in [-0.2, 0) is 14.6 Å². The van der Waals surface area contributed by atoms with Crippen LogP contribution in [-0.4, -0.2) is 48.6 Å². The summed E-state index contributed by atoms with van der Waals surface area (Å²) in [6.07, 6.45) is 6.61. The lowest BCUT2D eigenvalue weighted by Gasteiger charge is -2.32. The molecule has 2 aliphatic rings. The van der Waals surface area contributed by atoms with Gasteiger partial charge in [0.15, 0.2) is 0 Å². The van der Waals surface area contributed by atoms with E-state index >= 15 is 0 Å². The topological polar surface area (TPSA) is 79.2 Å². The van der Waals surface area contributed by atoms with E-state index in [0.717, 1.165) is 38.4 Å². The highest BCUT2D eigenvalue weighted by Crippen LogP contribution is 2.59. The summed E-state index contributed by atoms with van der Waals surface area (Å²) in [5.74, 6) is 0.349. The fraction of sp³-hybridized carbons (Fsp3) is 0.812. The number of amides is 1. The van der Waals surface area contributed by atoms with E-state index in [1.807, 2.05) is 0 Å². The molecule has 2 saturated carbocycles. The van der Waals surface area contributed by atoms with Crippen LogP contribution in [0, 0.1) is 5.41 Å². The molecule has 0 radical (unpaired) electrons. The molecular formula is C16H27N3O3S. The molecule has 0 aromatic heterocycles. The highest BCUT2D eigenvalue weighted by Gasteiger charge is 2.55. The van der Waals surface area contributed by atoms with E-state index in [4.69, 9.17) is 0 Å². The number of hydrogen-bond acceptors (Lipinski definition) is 4. The molecular weight excluding hydrogens is 314 g/mol. The summed E-state index contributed by atoms with van der Waals surface area (Å²) >= 11 is 0. The van der Waals surface area contributed by atoms with Crippen LogP contribution in [0.25, 0.3) is 0 Å². The minimum atomic E-state index is -3.53. The van der Waals surface area contributed by atoms with Crippen molar-refractivity contribution in [2.45, 2.75) is 71.9 Å². The van der Waals surface area contributed by atoms with E-state index in [1.54, 1.807) is 25.7 Å². The number of aliphatic imine (C=N–C) groups is 2. The zero-order chi connectivity index (χ0) is 17.4. The van der Waals surface area contributed by atoms with Gasteiger partial charge in [-0.05, 0) is 51.9 Å². The van der Waals surface area contributed by atoms with Gasteiger partial charge in [-0.2, -0.15) is 0 Å². The fourth-order valence-corrected chi connectivity index (χ4v) is 4.26. The number of sulfone groups is 1. The van der Waals surface area contributed by atoms with Crippen molar-refractivity contribution in [2.24, 2.45) is 15.4 Å². The molecule has 0 heterocycles. The molecule has 0 saturated heterocycles. The molecule has 1 atom stereocenters. The third kappa shape index (κ3) is 4.00. The summed E-state index contributed by atoms with van der Waals surface area (Å²) in [6, 6.07) is -0.0353. The average molecular weight is 341 g/mol. The number of nitrogens with zero attached hydrogens (tertiary/aromatic N) is 3. The predicted molar refractivity (Wildman–Crippen MR) is 92.3 cm³/mol. The van der Waals surface area contributed by atoms with Crippen molar-refractivity contribution in [3.05, 3.63) is 0 Å². The van der Waals surface area contributed by atoms with Gasteiger partial charge >= 0.3 is 0 Å². The van der Waals surface area contributed by atoms with Crippen molar-refractivity contribution in [1.29, 1.82) is 0 Å². The van der Waals surface area contributed by atoms with Crippen molar-refractivity contribution in [3.63, 3.8) is 0 Å². The smallest absolute Gasteiger partial charge is 0.244 e. The van der Waals surface area contributed by atoms with Crippen LogP contribution in [0.5, 0.6) is 0 Å².